The number of hydrogen-bond acceptors (Lipinski definition) is 3. The molecular formula is C16H33NO2. The summed E-state index contributed by atoms with van der Waals surface area (Å²) >= 11 is 0. The van der Waals surface area contributed by atoms with E-state index in [-0.39, 0.29) is 0 Å². The molecule has 3 nitrogen and oxygen atoms in total. The minimum Gasteiger partial charge on any atom is -0.382 e. The van der Waals surface area contributed by atoms with Gasteiger partial charge in [-0.05, 0) is 37.5 Å². The van der Waals surface area contributed by atoms with Gasteiger partial charge in [0.05, 0.1) is 13.2 Å². The Balaban J connectivity index is 2.30. The molecule has 0 aromatic carbocycles. The molecule has 0 spiro atoms. The van der Waals surface area contributed by atoms with Crippen molar-refractivity contribution in [3.05, 3.63) is 0 Å². The number of methoxy groups -OCH3 is 1. The van der Waals surface area contributed by atoms with Gasteiger partial charge in [0.25, 0.3) is 0 Å². The van der Waals surface area contributed by atoms with Crippen molar-refractivity contribution in [3.8, 4) is 0 Å². The maximum atomic E-state index is 5.68. The van der Waals surface area contributed by atoms with Crippen molar-refractivity contribution in [2.24, 2.45) is 5.41 Å². The zero-order valence-electron chi connectivity index (χ0n) is 13.2. The first-order valence-corrected chi connectivity index (χ1v) is 8.06. The Morgan fingerprint density at radius 2 is 1.89 bits per heavy atom. The van der Waals surface area contributed by atoms with Crippen LogP contribution < -0.4 is 5.32 Å². The van der Waals surface area contributed by atoms with Crippen LogP contribution in [0.5, 0.6) is 0 Å². The predicted octanol–water partition coefficient (Wildman–Crippen LogP) is 3.38. The molecule has 1 aliphatic rings. The van der Waals surface area contributed by atoms with E-state index in [9.17, 15) is 0 Å². The average molecular weight is 271 g/mol. The van der Waals surface area contributed by atoms with E-state index in [1.54, 1.807) is 7.11 Å². The highest BCUT2D eigenvalue weighted by atomic mass is 16.5. The molecule has 0 amide bonds. The molecule has 1 aliphatic carbocycles. The smallest absolute Gasteiger partial charge is 0.0700 e. The molecule has 114 valence electrons. The predicted molar refractivity (Wildman–Crippen MR) is 80.6 cm³/mol. The maximum Gasteiger partial charge on any atom is 0.0700 e. The highest BCUT2D eigenvalue weighted by molar-refractivity contribution is 4.87. The lowest BCUT2D eigenvalue weighted by molar-refractivity contribution is 0.0470. The van der Waals surface area contributed by atoms with Gasteiger partial charge in [-0.2, -0.15) is 0 Å². The average Bonchev–Trinajstić information content (AvgIpc) is 3.25. The first-order valence-electron chi connectivity index (χ1n) is 8.06. The molecule has 0 aromatic rings. The molecule has 0 aromatic heterocycles. The van der Waals surface area contributed by atoms with Crippen LogP contribution in [-0.2, 0) is 9.47 Å². The van der Waals surface area contributed by atoms with E-state index in [1.165, 1.54) is 51.5 Å². The third kappa shape index (κ3) is 7.28. The molecule has 1 rings (SSSR count). The van der Waals surface area contributed by atoms with Crippen LogP contribution in [-0.4, -0.2) is 39.5 Å². The number of ether oxygens (including phenoxy) is 2. The highest BCUT2D eigenvalue weighted by Gasteiger charge is 2.30. The largest absolute Gasteiger partial charge is 0.382 e. The molecule has 1 atom stereocenters. The third-order valence-electron chi connectivity index (χ3n) is 4.36. The number of nitrogens with one attached hydrogen (secondary N) is 1. The van der Waals surface area contributed by atoms with Crippen molar-refractivity contribution < 1.29 is 9.47 Å². The van der Waals surface area contributed by atoms with Crippen molar-refractivity contribution in [1.82, 2.24) is 5.32 Å². The Morgan fingerprint density at radius 3 is 2.47 bits per heavy atom. The summed E-state index contributed by atoms with van der Waals surface area (Å²) in [4.78, 5) is 0. The first-order chi connectivity index (χ1) is 9.26. The van der Waals surface area contributed by atoms with Gasteiger partial charge in [-0.25, -0.2) is 0 Å². The standard InChI is InChI=1S/C16H33NO2/c1-4-6-9-16(5-2,14-17-15-7-8-15)10-11-19-13-12-18-3/h15,17H,4-14H2,1-3H3. The SMILES string of the molecule is CCCCC(CC)(CCOCCOC)CNC1CC1. The number of rotatable bonds is 13. The molecule has 1 fully saturated rings. The van der Waals surface area contributed by atoms with E-state index in [1.807, 2.05) is 0 Å². The Morgan fingerprint density at radius 1 is 1.11 bits per heavy atom. The van der Waals surface area contributed by atoms with Gasteiger partial charge in [-0.1, -0.05) is 26.7 Å². The van der Waals surface area contributed by atoms with Gasteiger partial charge < -0.3 is 14.8 Å². The fraction of sp³-hybridized carbons (Fsp3) is 1.00. The minimum absolute atomic E-state index is 0.436. The van der Waals surface area contributed by atoms with Crippen molar-refractivity contribution in [2.75, 3.05) is 33.5 Å². The van der Waals surface area contributed by atoms with Crippen molar-refractivity contribution in [3.63, 3.8) is 0 Å². The lowest BCUT2D eigenvalue weighted by atomic mass is 9.77. The van der Waals surface area contributed by atoms with E-state index >= 15 is 0 Å². The van der Waals surface area contributed by atoms with Crippen LogP contribution in [0, 0.1) is 5.41 Å². The van der Waals surface area contributed by atoms with E-state index in [4.69, 9.17) is 9.47 Å². The summed E-state index contributed by atoms with van der Waals surface area (Å²) in [6, 6.07) is 0.807. The molecule has 0 aliphatic heterocycles. The molecule has 19 heavy (non-hydrogen) atoms. The van der Waals surface area contributed by atoms with Crippen molar-refractivity contribution in [2.45, 2.75) is 64.8 Å². The van der Waals surface area contributed by atoms with Gasteiger partial charge in [-0.15, -0.1) is 0 Å². The van der Waals surface area contributed by atoms with Crippen LogP contribution >= 0.6 is 0 Å². The van der Waals surface area contributed by atoms with Crippen molar-refractivity contribution >= 4 is 0 Å². The summed E-state index contributed by atoms with van der Waals surface area (Å²) in [6.07, 6.45) is 9.12. The van der Waals surface area contributed by atoms with E-state index in [2.05, 4.69) is 19.2 Å². The van der Waals surface area contributed by atoms with E-state index in [0.717, 1.165) is 19.3 Å². The summed E-state index contributed by atoms with van der Waals surface area (Å²) in [5, 5.41) is 3.73. The summed E-state index contributed by atoms with van der Waals surface area (Å²) in [7, 11) is 1.72. The van der Waals surface area contributed by atoms with Gasteiger partial charge in [0.2, 0.25) is 0 Å². The first kappa shape index (κ1) is 16.9. The number of hydrogen-bond donors (Lipinski definition) is 1. The van der Waals surface area contributed by atoms with Crippen molar-refractivity contribution in [1.29, 1.82) is 0 Å². The summed E-state index contributed by atoms with van der Waals surface area (Å²) < 4.78 is 10.7. The molecular weight excluding hydrogens is 238 g/mol. The van der Waals surface area contributed by atoms with E-state index in [0.29, 0.717) is 12.0 Å². The maximum absolute atomic E-state index is 5.68. The molecule has 1 saturated carbocycles. The molecule has 0 bridgehead atoms. The Bertz CT molecular complexity index is 219. The Labute approximate surface area is 119 Å². The summed E-state index contributed by atoms with van der Waals surface area (Å²) in [5.74, 6) is 0. The second kappa shape index (κ2) is 9.73. The van der Waals surface area contributed by atoms with Gasteiger partial charge in [0.1, 0.15) is 0 Å². The molecule has 0 radical (unpaired) electrons. The summed E-state index contributed by atoms with van der Waals surface area (Å²) in [5.41, 5.74) is 0.436. The second-order valence-corrected chi connectivity index (χ2v) is 5.97. The topological polar surface area (TPSA) is 30.5 Å². The van der Waals surface area contributed by atoms with Gasteiger partial charge in [0, 0.05) is 26.3 Å². The monoisotopic (exact) mass is 271 g/mol. The Hall–Kier alpha value is -0.120. The Kier molecular flexibility index (Phi) is 8.67. The molecule has 0 heterocycles. The third-order valence-corrected chi connectivity index (χ3v) is 4.36. The quantitative estimate of drug-likeness (QED) is 0.521. The fourth-order valence-corrected chi connectivity index (χ4v) is 2.51. The van der Waals surface area contributed by atoms with Crippen LogP contribution in [0.25, 0.3) is 0 Å². The van der Waals surface area contributed by atoms with Crippen LogP contribution in [0.4, 0.5) is 0 Å². The highest BCUT2D eigenvalue weighted by Crippen LogP contribution is 2.33. The molecule has 3 heteroatoms. The second-order valence-electron chi connectivity index (χ2n) is 5.97. The molecule has 0 saturated heterocycles. The zero-order chi connectivity index (χ0) is 14.0. The van der Waals surface area contributed by atoms with Crippen LogP contribution in [0.3, 0.4) is 0 Å². The lowest BCUT2D eigenvalue weighted by Gasteiger charge is -2.33. The number of unbranched alkanes of at least 4 members (excludes halogenated alkanes) is 1. The normalized spacial score (nSPS) is 18.5. The van der Waals surface area contributed by atoms with Gasteiger partial charge >= 0.3 is 0 Å². The van der Waals surface area contributed by atoms with Gasteiger partial charge in [0.15, 0.2) is 0 Å². The molecule has 1 unspecified atom stereocenters. The summed E-state index contributed by atoms with van der Waals surface area (Å²) in [6.45, 7) is 8.08. The van der Waals surface area contributed by atoms with Crippen LogP contribution in [0.1, 0.15) is 58.8 Å². The lowest BCUT2D eigenvalue weighted by Crippen LogP contribution is -2.36. The van der Waals surface area contributed by atoms with Crippen LogP contribution in [0.2, 0.25) is 0 Å². The van der Waals surface area contributed by atoms with Crippen LogP contribution in [0.15, 0.2) is 0 Å². The molecule has 1 N–H and O–H groups in total. The minimum atomic E-state index is 0.436. The zero-order valence-corrected chi connectivity index (χ0v) is 13.2. The van der Waals surface area contributed by atoms with E-state index < -0.39 is 0 Å². The fourth-order valence-electron chi connectivity index (χ4n) is 2.51. The van der Waals surface area contributed by atoms with Gasteiger partial charge in [-0.3, -0.25) is 0 Å².